The third kappa shape index (κ3) is 2.38. The highest BCUT2D eigenvalue weighted by Crippen LogP contribution is 2.19. The molecule has 5 heteroatoms. The zero-order valence-corrected chi connectivity index (χ0v) is 9.48. The van der Waals surface area contributed by atoms with Crippen molar-refractivity contribution in [3.8, 4) is 0 Å². The predicted molar refractivity (Wildman–Crippen MR) is 61.0 cm³/mol. The van der Waals surface area contributed by atoms with Gasteiger partial charge in [0.15, 0.2) is 0 Å². The lowest BCUT2D eigenvalue weighted by atomic mass is 9.95. The normalized spacial score (nSPS) is 26.7. The SMILES string of the molecule is CC1CCN(c2ncc(Cl)cn2)CC1N. The lowest BCUT2D eigenvalue weighted by molar-refractivity contribution is 0.376. The molecule has 1 aliphatic rings. The smallest absolute Gasteiger partial charge is 0.225 e. The number of anilines is 1. The van der Waals surface area contributed by atoms with Crippen molar-refractivity contribution >= 4 is 17.5 Å². The highest BCUT2D eigenvalue weighted by Gasteiger charge is 2.24. The number of hydrogen-bond donors (Lipinski definition) is 1. The Balaban J connectivity index is 2.08. The number of piperidine rings is 1. The minimum atomic E-state index is 0.207. The van der Waals surface area contributed by atoms with Gasteiger partial charge < -0.3 is 10.6 Å². The van der Waals surface area contributed by atoms with Crippen molar-refractivity contribution in [1.29, 1.82) is 0 Å². The van der Waals surface area contributed by atoms with Crippen LogP contribution in [-0.4, -0.2) is 29.1 Å². The topological polar surface area (TPSA) is 55.0 Å². The van der Waals surface area contributed by atoms with Gasteiger partial charge in [0.2, 0.25) is 5.95 Å². The molecule has 2 atom stereocenters. The largest absolute Gasteiger partial charge is 0.339 e. The Bertz CT molecular complexity index is 327. The molecule has 15 heavy (non-hydrogen) atoms. The van der Waals surface area contributed by atoms with Crippen molar-refractivity contribution in [1.82, 2.24) is 9.97 Å². The fraction of sp³-hybridized carbons (Fsp3) is 0.600. The lowest BCUT2D eigenvalue weighted by Crippen LogP contribution is -2.48. The second-order valence-electron chi connectivity index (χ2n) is 4.08. The zero-order chi connectivity index (χ0) is 10.8. The maximum Gasteiger partial charge on any atom is 0.225 e. The molecule has 0 amide bonds. The summed E-state index contributed by atoms with van der Waals surface area (Å²) in [6.45, 7) is 3.98. The van der Waals surface area contributed by atoms with Crippen LogP contribution in [0.25, 0.3) is 0 Å². The van der Waals surface area contributed by atoms with Crippen LogP contribution in [0.3, 0.4) is 0 Å². The van der Waals surface area contributed by atoms with E-state index in [2.05, 4.69) is 21.8 Å². The Hall–Kier alpha value is -0.870. The zero-order valence-electron chi connectivity index (χ0n) is 8.73. The molecule has 82 valence electrons. The van der Waals surface area contributed by atoms with E-state index in [1.807, 2.05) is 0 Å². The quantitative estimate of drug-likeness (QED) is 0.785. The van der Waals surface area contributed by atoms with Crippen LogP contribution in [0.4, 0.5) is 5.95 Å². The monoisotopic (exact) mass is 226 g/mol. The van der Waals surface area contributed by atoms with Gasteiger partial charge in [0.1, 0.15) is 0 Å². The third-order valence-electron chi connectivity index (χ3n) is 2.91. The summed E-state index contributed by atoms with van der Waals surface area (Å²) < 4.78 is 0. The Morgan fingerprint density at radius 3 is 2.73 bits per heavy atom. The third-order valence-corrected chi connectivity index (χ3v) is 3.10. The summed E-state index contributed by atoms with van der Waals surface area (Å²) in [5.41, 5.74) is 6.01. The minimum Gasteiger partial charge on any atom is -0.339 e. The molecule has 1 aliphatic heterocycles. The molecule has 0 saturated carbocycles. The van der Waals surface area contributed by atoms with Gasteiger partial charge in [-0.15, -0.1) is 0 Å². The molecule has 1 aromatic heterocycles. The molecule has 1 fully saturated rings. The maximum atomic E-state index is 6.01. The minimum absolute atomic E-state index is 0.207. The number of hydrogen-bond acceptors (Lipinski definition) is 4. The first-order valence-electron chi connectivity index (χ1n) is 5.15. The molecule has 0 bridgehead atoms. The molecule has 2 heterocycles. The van der Waals surface area contributed by atoms with Crippen molar-refractivity contribution in [2.24, 2.45) is 11.7 Å². The van der Waals surface area contributed by atoms with E-state index in [-0.39, 0.29) is 6.04 Å². The Labute approximate surface area is 94.5 Å². The van der Waals surface area contributed by atoms with E-state index in [4.69, 9.17) is 17.3 Å². The summed E-state index contributed by atoms with van der Waals surface area (Å²) in [4.78, 5) is 10.5. The van der Waals surface area contributed by atoms with Gasteiger partial charge in [-0.25, -0.2) is 9.97 Å². The molecule has 2 unspecified atom stereocenters. The van der Waals surface area contributed by atoms with E-state index in [0.29, 0.717) is 10.9 Å². The number of aromatic nitrogens is 2. The van der Waals surface area contributed by atoms with Crippen LogP contribution in [0.2, 0.25) is 5.02 Å². The van der Waals surface area contributed by atoms with Crippen LogP contribution in [0.5, 0.6) is 0 Å². The second-order valence-corrected chi connectivity index (χ2v) is 4.51. The van der Waals surface area contributed by atoms with Gasteiger partial charge in [-0.1, -0.05) is 18.5 Å². The lowest BCUT2D eigenvalue weighted by Gasteiger charge is -2.34. The Morgan fingerprint density at radius 1 is 1.47 bits per heavy atom. The highest BCUT2D eigenvalue weighted by molar-refractivity contribution is 6.30. The molecule has 0 aromatic carbocycles. The standard InChI is InChI=1S/C10H15ClN4/c1-7-2-3-15(6-9(7)12)10-13-4-8(11)5-14-10/h4-5,7,9H,2-3,6,12H2,1H3. The van der Waals surface area contributed by atoms with Crippen molar-refractivity contribution < 1.29 is 0 Å². The summed E-state index contributed by atoms with van der Waals surface area (Å²) in [5, 5.41) is 0.563. The van der Waals surface area contributed by atoms with Crippen molar-refractivity contribution in [3.05, 3.63) is 17.4 Å². The van der Waals surface area contributed by atoms with Crippen LogP contribution >= 0.6 is 11.6 Å². The van der Waals surface area contributed by atoms with E-state index in [9.17, 15) is 0 Å². The van der Waals surface area contributed by atoms with Crippen molar-refractivity contribution in [2.45, 2.75) is 19.4 Å². The van der Waals surface area contributed by atoms with Crippen LogP contribution < -0.4 is 10.6 Å². The van der Waals surface area contributed by atoms with E-state index in [0.717, 1.165) is 25.5 Å². The van der Waals surface area contributed by atoms with Gasteiger partial charge in [0, 0.05) is 19.1 Å². The predicted octanol–water partition coefficient (Wildman–Crippen LogP) is 1.30. The maximum absolute atomic E-state index is 6.01. The van der Waals surface area contributed by atoms with Crippen LogP contribution in [0.15, 0.2) is 12.4 Å². The summed E-state index contributed by atoms with van der Waals surface area (Å²) >= 11 is 5.73. The Morgan fingerprint density at radius 2 is 2.13 bits per heavy atom. The number of rotatable bonds is 1. The second kappa shape index (κ2) is 4.33. The molecule has 0 spiro atoms. The first-order valence-corrected chi connectivity index (χ1v) is 5.52. The molecular weight excluding hydrogens is 212 g/mol. The molecule has 2 rings (SSSR count). The van der Waals surface area contributed by atoms with Gasteiger partial charge in [-0.2, -0.15) is 0 Å². The van der Waals surface area contributed by atoms with E-state index >= 15 is 0 Å². The van der Waals surface area contributed by atoms with Crippen LogP contribution in [0.1, 0.15) is 13.3 Å². The fourth-order valence-electron chi connectivity index (χ4n) is 1.75. The van der Waals surface area contributed by atoms with E-state index < -0.39 is 0 Å². The van der Waals surface area contributed by atoms with Gasteiger partial charge in [-0.05, 0) is 12.3 Å². The van der Waals surface area contributed by atoms with E-state index in [1.54, 1.807) is 12.4 Å². The van der Waals surface area contributed by atoms with Gasteiger partial charge >= 0.3 is 0 Å². The average molecular weight is 227 g/mol. The fourth-order valence-corrected chi connectivity index (χ4v) is 1.85. The number of nitrogens with zero attached hydrogens (tertiary/aromatic N) is 3. The number of nitrogens with two attached hydrogens (primary N) is 1. The summed E-state index contributed by atoms with van der Waals surface area (Å²) in [5.74, 6) is 1.30. The summed E-state index contributed by atoms with van der Waals surface area (Å²) in [7, 11) is 0. The molecule has 2 N–H and O–H groups in total. The Kier molecular flexibility index (Phi) is 3.07. The van der Waals surface area contributed by atoms with Crippen molar-refractivity contribution in [2.75, 3.05) is 18.0 Å². The first kappa shape index (κ1) is 10.6. The summed E-state index contributed by atoms with van der Waals surface area (Å²) in [6, 6.07) is 0.207. The number of halogens is 1. The molecule has 0 aliphatic carbocycles. The van der Waals surface area contributed by atoms with E-state index in [1.165, 1.54) is 0 Å². The molecule has 0 radical (unpaired) electrons. The molecule has 1 aromatic rings. The van der Waals surface area contributed by atoms with Gasteiger partial charge in [-0.3, -0.25) is 0 Å². The molecular formula is C10H15ClN4. The van der Waals surface area contributed by atoms with Gasteiger partial charge in [0.05, 0.1) is 17.4 Å². The van der Waals surface area contributed by atoms with Crippen LogP contribution in [0, 0.1) is 5.92 Å². The van der Waals surface area contributed by atoms with Crippen molar-refractivity contribution in [3.63, 3.8) is 0 Å². The van der Waals surface area contributed by atoms with Gasteiger partial charge in [0.25, 0.3) is 0 Å². The first-order chi connectivity index (χ1) is 7.16. The van der Waals surface area contributed by atoms with Crippen LogP contribution in [-0.2, 0) is 0 Å². The molecule has 1 saturated heterocycles. The summed E-state index contributed by atoms with van der Waals surface area (Å²) in [6.07, 6.45) is 4.33. The highest BCUT2D eigenvalue weighted by atomic mass is 35.5. The molecule has 4 nitrogen and oxygen atoms in total. The average Bonchev–Trinajstić information content (AvgIpc) is 2.23.